The van der Waals surface area contributed by atoms with E-state index in [2.05, 4.69) is 4.90 Å². The molecule has 0 aromatic rings. The van der Waals surface area contributed by atoms with Crippen LogP contribution >= 0.6 is 0 Å². The van der Waals surface area contributed by atoms with Crippen LogP contribution in [0.25, 0.3) is 0 Å². The van der Waals surface area contributed by atoms with Crippen LogP contribution in [0.2, 0.25) is 0 Å². The monoisotopic (exact) mass is 195 g/mol. The van der Waals surface area contributed by atoms with E-state index < -0.39 is 0 Å². The van der Waals surface area contributed by atoms with Gasteiger partial charge in [-0.1, -0.05) is 6.42 Å². The first-order valence-corrected chi connectivity index (χ1v) is 6.30. The first-order chi connectivity index (χ1) is 6.86. The smallest absolute Gasteiger partial charge is 0.0695 e. The summed E-state index contributed by atoms with van der Waals surface area (Å²) < 4.78 is 0. The lowest BCUT2D eigenvalue weighted by atomic mass is 10.0. The number of nitrogens with zero attached hydrogens (tertiary/aromatic N) is 1. The van der Waals surface area contributed by atoms with Crippen LogP contribution in [-0.4, -0.2) is 34.7 Å². The first-order valence-electron chi connectivity index (χ1n) is 6.30. The van der Waals surface area contributed by atoms with Gasteiger partial charge in [-0.05, 0) is 51.0 Å². The maximum Gasteiger partial charge on any atom is 0.0695 e. The van der Waals surface area contributed by atoms with Gasteiger partial charge in [0, 0.05) is 12.1 Å². The third kappa shape index (κ3) is 1.31. The SMILES string of the molecule is O[C@H]1CCC[C@@H]1N1CC[C@H]2CCC[C@H]21. The van der Waals surface area contributed by atoms with Gasteiger partial charge in [-0.3, -0.25) is 4.90 Å². The quantitative estimate of drug-likeness (QED) is 0.689. The van der Waals surface area contributed by atoms with E-state index in [-0.39, 0.29) is 6.10 Å². The maximum atomic E-state index is 9.93. The molecule has 4 atom stereocenters. The van der Waals surface area contributed by atoms with Crippen LogP contribution in [0.15, 0.2) is 0 Å². The molecule has 14 heavy (non-hydrogen) atoms. The molecule has 3 rings (SSSR count). The fraction of sp³-hybridized carbons (Fsp3) is 1.00. The predicted octanol–water partition coefficient (Wildman–Crippen LogP) is 1.77. The van der Waals surface area contributed by atoms with Crippen LogP contribution in [0.5, 0.6) is 0 Å². The Balaban J connectivity index is 1.72. The largest absolute Gasteiger partial charge is 0.391 e. The van der Waals surface area contributed by atoms with Gasteiger partial charge < -0.3 is 5.11 Å². The van der Waals surface area contributed by atoms with Gasteiger partial charge >= 0.3 is 0 Å². The Hall–Kier alpha value is -0.0800. The van der Waals surface area contributed by atoms with Crippen LogP contribution in [0, 0.1) is 5.92 Å². The lowest BCUT2D eigenvalue weighted by molar-refractivity contribution is 0.0603. The predicted molar refractivity (Wildman–Crippen MR) is 56.1 cm³/mol. The van der Waals surface area contributed by atoms with E-state index >= 15 is 0 Å². The Bertz CT molecular complexity index is 218. The third-order valence-electron chi connectivity index (χ3n) is 4.67. The highest BCUT2D eigenvalue weighted by molar-refractivity contribution is 4.97. The van der Waals surface area contributed by atoms with Crippen molar-refractivity contribution in [3.8, 4) is 0 Å². The molecule has 2 heteroatoms. The van der Waals surface area contributed by atoms with Crippen LogP contribution in [-0.2, 0) is 0 Å². The second-order valence-electron chi connectivity index (χ2n) is 5.35. The molecule has 2 aliphatic carbocycles. The molecule has 0 bridgehead atoms. The zero-order chi connectivity index (χ0) is 9.54. The summed E-state index contributed by atoms with van der Waals surface area (Å²) in [5.41, 5.74) is 0. The zero-order valence-electron chi connectivity index (χ0n) is 8.86. The first kappa shape index (κ1) is 9.17. The van der Waals surface area contributed by atoms with E-state index in [1.54, 1.807) is 0 Å². The number of rotatable bonds is 1. The standard InChI is InChI=1S/C12H21NO/c14-12-6-2-5-11(12)13-8-7-9-3-1-4-10(9)13/h9-12,14H,1-8H2/t9-,10-,11+,12+/m1/s1. The van der Waals surface area contributed by atoms with Gasteiger partial charge in [0.1, 0.15) is 0 Å². The Morgan fingerprint density at radius 2 is 1.64 bits per heavy atom. The van der Waals surface area contributed by atoms with E-state index in [1.807, 2.05) is 0 Å². The van der Waals surface area contributed by atoms with E-state index in [0.717, 1.165) is 18.4 Å². The van der Waals surface area contributed by atoms with Gasteiger partial charge in [-0.2, -0.15) is 0 Å². The van der Waals surface area contributed by atoms with Crippen LogP contribution in [0.3, 0.4) is 0 Å². The van der Waals surface area contributed by atoms with Crippen LogP contribution in [0.1, 0.15) is 44.9 Å². The molecule has 0 radical (unpaired) electrons. The summed E-state index contributed by atoms with van der Waals surface area (Å²) in [7, 11) is 0. The molecule has 2 saturated carbocycles. The van der Waals surface area contributed by atoms with Crippen molar-refractivity contribution in [3.05, 3.63) is 0 Å². The highest BCUT2D eigenvalue weighted by Crippen LogP contribution is 2.41. The van der Waals surface area contributed by atoms with E-state index in [1.165, 1.54) is 45.1 Å². The fourth-order valence-electron chi connectivity index (χ4n) is 3.99. The summed E-state index contributed by atoms with van der Waals surface area (Å²) >= 11 is 0. The van der Waals surface area contributed by atoms with Gasteiger partial charge in [0.2, 0.25) is 0 Å². The molecule has 0 spiro atoms. The second kappa shape index (κ2) is 3.49. The van der Waals surface area contributed by atoms with Crippen molar-refractivity contribution in [2.45, 2.75) is 63.1 Å². The number of aliphatic hydroxyl groups excluding tert-OH is 1. The molecule has 0 amide bonds. The van der Waals surface area contributed by atoms with Crippen molar-refractivity contribution < 1.29 is 5.11 Å². The van der Waals surface area contributed by atoms with Gasteiger partial charge in [0.15, 0.2) is 0 Å². The van der Waals surface area contributed by atoms with E-state index in [0.29, 0.717) is 6.04 Å². The molecule has 1 heterocycles. The average Bonchev–Trinajstić information content (AvgIpc) is 2.78. The molecule has 1 aliphatic heterocycles. The third-order valence-corrected chi connectivity index (χ3v) is 4.67. The Labute approximate surface area is 86.3 Å². The van der Waals surface area contributed by atoms with Crippen LogP contribution < -0.4 is 0 Å². The minimum atomic E-state index is -0.0191. The zero-order valence-corrected chi connectivity index (χ0v) is 8.86. The summed E-state index contributed by atoms with van der Waals surface area (Å²) in [5.74, 6) is 0.975. The minimum absolute atomic E-state index is 0.0191. The van der Waals surface area contributed by atoms with Crippen molar-refractivity contribution in [3.63, 3.8) is 0 Å². The van der Waals surface area contributed by atoms with Crippen molar-refractivity contribution in [1.82, 2.24) is 4.90 Å². The molecule has 80 valence electrons. The molecule has 0 aromatic carbocycles. The molecule has 1 N–H and O–H groups in total. The van der Waals surface area contributed by atoms with Crippen molar-refractivity contribution >= 4 is 0 Å². The molecule has 3 fully saturated rings. The lowest BCUT2D eigenvalue weighted by Gasteiger charge is -2.32. The van der Waals surface area contributed by atoms with Crippen molar-refractivity contribution in [2.24, 2.45) is 5.92 Å². The number of hydrogen-bond acceptors (Lipinski definition) is 2. The topological polar surface area (TPSA) is 23.5 Å². The molecular weight excluding hydrogens is 174 g/mol. The normalized spacial score (nSPS) is 48.6. The summed E-state index contributed by atoms with van der Waals surface area (Å²) in [6.07, 6.45) is 9.16. The van der Waals surface area contributed by atoms with Gasteiger partial charge in [-0.25, -0.2) is 0 Å². The van der Waals surface area contributed by atoms with Crippen LogP contribution in [0.4, 0.5) is 0 Å². The average molecular weight is 195 g/mol. The maximum absolute atomic E-state index is 9.93. The van der Waals surface area contributed by atoms with Gasteiger partial charge in [-0.15, -0.1) is 0 Å². The highest BCUT2D eigenvalue weighted by Gasteiger charge is 2.43. The van der Waals surface area contributed by atoms with Crippen molar-refractivity contribution in [2.75, 3.05) is 6.54 Å². The molecule has 3 aliphatic rings. The number of aliphatic hydroxyl groups is 1. The highest BCUT2D eigenvalue weighted by atomic mass is 16.3. The van der Waals surface area contributed by atoms with Gasteiger partial charge in [0.25, 0.3) is 0 Å². The fourth-order valence-corrected chi connectivity index (χ4v) is 3.99. The second-order valence-corrected chi connectivity index (χ2v) is 5.35. The molecule has 1 saturated heterocycles. The minimum Gasteiger partial charge on any atom is -0.391 e. The summed E-state index contributed by atoms with van der Waals surface area (Å²) in [4.78, 5) is 2.65. The van der Waals surface area contributed by atoms with Crippen molar-refractivity contribution in [1.29, 1.82) is 0 Å². The lowest BCUT2D eigenvalue weighted by Crippen LogP contribution is -2.43. The number of hydrogen-bond donors (Lipinski definition) is 1. The van der Waals surface area contributed by atoms with E-state index in [4.69, 9.17) is 0 Å². The Kier molecular flexibility index (Phi) is 2.29. The molecule has 0 unspecified atom stereocenters. The van der Waals surface area contributed by atoms with E-state index in [9.17, 15) is 5.11 Å². The molecular formula is C12H21NO. The summed E-state index contributed by atoms with van der Waals surface area (Å²) in [6.45, 7) is 1.26. The molecule has 2 nitrogen and oxygen atoms in total. The Morgan fingerprint density at radius 3 is 2.43 bits per heavy atom. The molecule has 0 aromatic heterocycles. The number of likely N-dealkylation sites (tertiary alicyclic amines) is 1. The van der Waals surface area contributed by atoms with Gasteiger partial charge in [0.05, 0.1) is 6.10 Å². The summed E-state index contributed by atoms with van der Waals surface area (Å²) in [5, 5.41) is 9.93. The summed E-state index contributed by atoms with van der Waals surface area (Å²) in [6, 6.07) is 1.36. The number of fused-ring (bicyclic) bond motifs is 1. The Morgan fingerprint density at radius 1 is 0.857 bits per heavy atom.